The van der Waals surface area contributed by atoms with Crippen molar-refractivity contribution in [2.45, 2.75) is 19.4 Å². The van der Waals surface area contributed by atoms with Crippen molar-refractivity contribution >= 4 is 37.8 Å². The molecule has 1 atom stereocenters. The molecule has 0 amide bonds. The first-order valence-corrected chi connectivity index (χ1v) is 7.05. The molecule has 0 bridgehead atoms. The Kier molecular flexibility index (Phi) is 6.67. The van der Waals surface area contributed by atoms with Gasteiger partial charge < -0.3 is 14.6 Å². The first kappa shape index (κ1) is 15.5. The van der Waals surface area contributed by atoms with Crippen LogP contribution in [0, 0.1) is 0 Å². The molecule has 0 spiro atoms. The number of carboxylic acid groups (broad SMARTS) is 1. The van der Waals surface area contributed by atoms with Gasteiger partial charge in [0.2, 0.25) is 0 Å². The fourth-order valence-corrected chi connectivity index (χ4v) is 2.51. The third kappa shape index (κ3) is 4.96. The molecule has 0 heterocycles. The van der Waals surface area contributed by atoms with Gasteiger partial charge >= 0.3 is 5.97 Å². The molecule has 0 aliphatic rings. The highest BCUT2D eigenvalue weighted by atomic mass is 79.9. The van der Waals surface area contributed by atoms with Gasteiger partial charge in [0.25, 0.3) is 0 Å². The van der Waals surface area contributed by atoms with Crippen LogP contribution in [0.1, 0.15) is 13.3 Å². The lowest BCUT2D eigenvalue weighted by atomic mass is 10.2. The van der Waals surface area contributed by atoms with Gasteiger partial charge in [-0.15, -0.1) is 0 Å². The Bertz CT molecular complexity index is 409. The summed E-state index contributed by atoms with van der Waals surface area (Å²) in [6, 6.07) is 5.54. The van der Waals surface area contributed by atoms with Crippen molar-refractivity contribution < 1.29 is 19.4 Å². The summed E-state index contributed by atoms with van der Waals surface area (Å²) < 4.78 is 12.4. The van der Waals surface area contributed by atoms with Crippen LogP contribution < -0.4 is 4.74 Å². The minimum atomic E-state index is -0.963. The molecule has 1 aromatic rings. The second-order valence-corrected chi connectivity index (χ2v) is 5.26. The largest absolute Gasteiger partial charge is 0.492 e. The average molecular weight is 382 g/mol. The lowest BCUT2D eigenvalue weighted by Crippen LogP contribution is -2.26. The molecule has 1 rings (SSSR count). The molecule has 1 unspecified atom stereocenters. The van der Waals surface area contributed by atoms with Gasteiger partial charge in [-0.25, -0.2) is 4.79 Å². The van der Waals surface area contributed by atoms with Crippen LogP contribution in [0.15, 0.2) is 27.1 Å². The molecule has 4 nitrogen and oxygen atoms in total. The monoisotopic (exact) mass is 380 g/mol. The Morgan fingerprint density at radius 1 is 1.44 bits per heavy atom. The smallest absolute Gasteiger partial charge is 0.332 e. The molecular weight excluding hydrogens is 368 g/mol. The normalized spacial score (nSPS) is 12.2. The van der Waals surface area contributed by atoms with E-state index in [0.717, 1.165) is 8.95 Å². The number of carbonyl (C=O) groups is 1. The van der Waals surface area contributed by atoms with Crippen LogP contribution in [0.25, 0.3) is 0 Å². The number of hydrogen-bond acceptors (Lipinski definition) is 3. The van der Waals surface area contributed by atoms with Crippen molar-refractivity contribution in [2.75, 3.05) is 13.2 Å². The highest BCUT2D eigenvalue weighted by Crippen LogP contribution is 2.28. The van der Waals surface area contributed by atoms with Crippen molar-refractivity contribution in [1.82, 2.24) is 0 Å². The van der Waals surface area contributed by atoms with Crippen molar-refractivity contribution in [2.24, 2.45) is 0 Å². The zero-order chi connectivity index (χ0) is 13.5. The highest BCUT2D eigenvalue weighted by Gasteiger charge is 2.17. The summed E-state index contributed by atoms with van der Waals surface area (Å²) in [4.78, 5) is 10.8. The lowest BCUT2D eigenvalue weighted by Gasteiger charge is -2.13. The number of hydrogen-bond donors (Lipinski definition) is 1. The predicted octanol–water partition coefficient (Wildman–Crippen LogP) is 3.47. The first-order chi connectivity index (χ1) is 8.54. The van der Waals surface area contributed by atoms with E-state index in [9.17, 15) is 4.79 Å². The summed E-state index contributed by atoms with van der Waals surface area (Å²) in [6.07, 6.45) is -0.504. The van der Waals surface area contributed by atoms with E-state index < -0.39 is 12.1 Å². The van der Waals surface area contributed by atoms with E-state index in [4.69, 9.17) is 14.6 Å². The van der Waals surface area contributed by atoms with Gasteiger partial charge in [-0.3, -0.25) is 0 Å². The molecule has 0 radical (unpaired) electrons. The standard InChI is InChI=1S/C12H14Br2O4/c1-2-17-11(12(15)16)5-6-18-10-4-3-8(13)7-9(10)14/h3-4,7,11H,2,5-6H2,1H3,(H,15,16). The van der Waals surface area contributed by atoms with Crippen molar-refractivity contribution in [3.8, 4) is 5.75 Å². The third-order valence-corrected chi connectivity index (χ3v) is 3.29. The summed E-state index contributed by atoms with van der Waals surface area (Å²) in [7, 11) is 0. The van der Waals surface area contributed by atoms with Gasteiger partial charge in [-0.05, 0) is 41.1 Å². The molecule has 6 heteroatoms. The van der Waals surface area contributed by atoms with E-state index in [2.05, 4.69) is 31.9 Å². The second kappa shape index (κ2) is 7.76. The summed E-state index contributed by atoms with van der Waals surface area (Å²) in [5.74, 6) is -0.283. The molecular formula is C12H14Br2O4. The van der Waals surface area contributed by atoms with E-state index in [1.165, 1.54) is 0 Å². The SMILES string of the molecule is CCOC(CCOc1ccc(Br)cc1Br)C(=O)O. The van der Waals surface area contributed by atoms with Gasteiger partial charge in [0, 0.05) is 17.5 Å². The van der Waals surface area contributed by atoms with E-state index in [-0.39, 0.29) is 6.61 Å². The molecule has 0 saturated heterocycles. The summed E-state index contributed by atoms with van der Waals surface area (Å²) in [6.45, 7) is 2.43. The van der Waals surface area contributed by atoms with Crippen LogP contribution in [-0.2, 0) is 9.53 Å². The maximum Gasteiger partial charge on any atom is 0.332 e. The Balaban J connectivity index is 2.47. The van der Waals surface area contributed by atoms with E-state index >= 15 is 0 Å². The minimum absolute atomic E-state index is 0.289. The average Bonchev–Trinajstić information content (AvgIpc) is 2.30. The van der Waals surface area contributed by atoms with Crippen LogP contribution in [0.4, 0.5) is 0 Å². The highest BCUT2D eigenvalue weighted by molar-refractivity contribution is 9.11. The van der Waals surface area contributed by atoms with Gasteiger partial charge in [0.1, 0.15) is 5.75 Å². The van der Waals surface area contributed by atoms with Crippen LogP contribution in [0.5, 0.6) is 5.75 Å². The lowest BCUT2D eigenvalue weighted by molar-refractivity contribution is -0.150. The number of aliphatic carboxylic acids is 1. The molecule has 0 aliphatic heterocycles. The van der Waals surface area contributed by atoms with Gasteiger partial charge in [-0.1, -0.05) is 15.9 Å². The zero-order valence-electron chi connectivity index (χ0n) is 9.86. The predicted molar refractivity (Wildman–Crippen MR) is 75.0 cm³/mol. The number of carboxylic acids is 1. The van der Waals surface area contributed by atoms with Crippen LogP contribution >= 0.6 is 31.9 Å². The number of ether oxygens (including phenoxy) is 2. The molecule has 1 aromatic carbocycles. The van der Waals surface area contributed by atoms with Crippen LogP contribution in [0.3, 0.4) is 0 Å². The molecule has 18 heavy (non-hydrogen) atoms. The number of rotatable bonds is 7. The molecule has 0 fully saturated rings. The van der Waals surface area contributed by atoms with Crippen molar-refractivity contribution in [3.05, 3.63) is 27.1 Å². The second-order valence-electron chi connectivity index (χ2n) is 3.49. The Labute approximate surface area is 123 Å². The third-order valence-electron chi connectivity index (χ3n) is 2.17. The first-order valence-electron chi connectivity index (χ1n) is 5.46. The molecule has 1 N–H and O–H groups in total. The van der Waals surface area contributed by atoms with Gasteiger partial charge in [0.05, 0.1) is 11.1 Å². The molecule has 0 aromatic heterocycles. The maximum absolute atomic E-state index is 10.8. The van der Waals surface area contributed by atoms with Crippen molar-refractivity contribution in [3.63, 3.8) is 0 Å². The fraction of sp³-hybridized carbons (Fsp3) is 0.417. The Morgan fingerprint density at radius 3 is 2.72 bits per heavy atom. The molecule has 0 aliphatic carbocycles. The quantitative estimate of drug-likeness (QED) is 0.785. The molecule has 100 valence electrons. The Hall–Kier alpha value is -0.590. The Morgan fingerprint density at radius 2 is 2.17 bits per heavy atom. The van der Waals surface area contributed by atoms with E-state index in [1.807, 2.05) is 18.2 Å². The topological polar surface area (TPSA) is 55.8 Å². The van der Waals surface area contributed by atoms with Gasteiger partial charge in [-0.2, -0.15) is 0 Å². The molecule has 0 saturated carbocycles. The number of halogens is 2. The maximum atomic E-state index is 10.8. The van der Waals surface area contributed by atoms with E-state index in [1.54, 1.807) is 6.92 Å². The summed E-state index contributed by atoms with van der Waals surface area (Å²) in [5.41, 5.74) is 0. The van der Waals surface area contributed by atoms with Crippen molar-refractivity contribution in [1.29, 1.82) is 0 Å². The fourth-order valence-electron chi connectivity index (χ4n) is 1.35. The zero-order valence-corrected chi connectivity index (χ0v) is 13.0. The summed E-state index contributed by atoms with van der Waals surface area (Å²) in [5, 5.41) is 8.90. The summed E-state index contributed by atoms with van der Waals surface area (Å²) >= 11 is 6.72. The van der Waals surface area contributed by atoms with E-state index in [0.29, 0.717) is 18.8 Å². The van der Waals surface area contributed by atoms with Gasteiger partial charge in [0.15, 0.2) is 6.10 Å². The van der Waals surface area contributed by atoms with Crippen LogP contribution in [-0.4, -0.2) is 30.4 Å². The van der Waals surface area contributed by atoms with Crippen LogP contribution in [0.2, 0.25) is 0 Å². The number of benzene rings is 1. The minimum Gasteiger partial charge on any atom is -0.492 e.